The second-order valence-electron chi connectivity index (χ2n) is 8.27. The zero-order valence-corrected chi connectivity index (χ0v) is 19.2. The SMILES string of the molecule is Cc1cc(O)c(-c2cc(-c3cc4ccccc4o3)cc(NCCN3CCOCC3)n2)cc1Cl. The second-order valence-corrected chi connectivity index (χ2v) is 8.68. The molecule has 5 rings (SSSR count). The van der Waals surface area contributed by atoms with Gasteiger partial charge < -0.3 is 19.6 Å². The number of benzene rings is 2. The predicted molar refractivity (Wildman–Crippen MR) is 132 cm³/mol. The maximum atomic E-state index is 10.6. The van der Waals surface area contributed by atoms with E-state index in [2.05, 4.69) is 10.2 Å². The van der Waals surface area contributed by atoms with Crippen molar-refractivity contribution >= 4 is 28.4 Å². The third-order valence-corrected chi connectivity index (χ3v) is 6.33. The minimum Gasteiger partial charge on any atom is -0.507 e. The first-order chi connectivity index (χ1) is 16.1. The number of furan rings is 1. The van der Waals surface area contributed by atoms with Crippen LogP contribution in [0.4, 0.5) is 5.82 Å². The number of phenolic OH excluding ortho intramolecular Hbond substituents is 1. The van der Waals surface area contributed by atoms with Crippen LogP contribution in [0.3, 0.4) is 0 Å². The fraction of sp³-hybridized carbons (Fsp3) is 0.269. The average Bonchev–Trinajstić information content (AvgIpc) is 3.26. The van der Waals surface area contributed by atoms with Gasteiger partial charge >= 0.3 is 0 Å². The quantitative estimate of drug-likeness (QED) is 0.389. The molecule has 1 aliphatic rings. The minimum absolute atomic E-state index is 0.144. The van der Waals surface area contributed by atoms with Crippen molar-refractivity contribution in [1.82, 2.24) is 9.88 Å². The Balaban J connectivity index is 1.50. The van der Waals surface area contributed by atoms with E-state index in [0.29, 0.717) is 22.1 Å². The molecule has 1 fully saturated rings. The van der Waals surface area contributed by atoms with E-state index in [-0.39, 0.29) is 5.75 Å². The lowest BCUT2D eigenvalue weighted by Crippen LogP contribution is -2.39. The molecule has 170 valence electrons. The summed E-state index contributed by atoms with van der Waals surface area (Å²) in [6, 6.07) is 17.3. The number of nitrogens with zero attached hydrogens (tertiary/aromatic N) is 2. The standard InChI is InChI=1S/C26H26ClN3O3/c1-17-12-23(31)20(16-21(17)27)22-13-19(25-14-18-4-2-3-5-24(18)33-25)15-26(29-22)28-6-7-30-8-10-32-11-9-30/h2-5,12-16,31H,6-11H2,1H3,(H,28,29). The average molecular weight is 464 g/mol. The van der Waals surface area contributed by atoms with Crippen molar-refractivity contribution in [2.75, 3.05) is 44.7 Å². The van der Waals surface area contributed by atoms with Gasteiger partial charge in [-0.05, 0) is 48.9 Å². The van der Waals surface area contributed by atoms with E-state index in [1.807, 2.05) is 49.4 Å². The van der Waals surface area contributed by atoms with Crippen LogP contribution >= 0.6 is 11.6 Å². The van der Waals surface area contributed by atoms with Crippen molar-refractivity contribution < 1.29 is 14.3 Å². The molecule has 4 aromatic rings. The van der Waals surface area contributed by atoms with Crippen LogP contribution < -0.4 is 5.32 Å². The highest BCUT2D eigenvalue weighted by Gasteiger charge is 2.15. The van der Waals surface area contributed by atoms with E-state index >= 15 is 0 Å². The Morgan fingerprint density at radius 1 is 1.09 bits per heavy atom. The van der Waals surface area contributed by atoms with Gasteiger partial charge in [0, 0.05) is 47.7 Å². The highest BCUT2D eigenvalue weighted by molar-refractivity contribution is 6.31. The van der Waals surface area contributed by atoms with Crippen LogP contribution in [0.25, 0.3) is 33.6 Å². The van der Waals surface area contributed by atoms with Crippen LogP contribution in [0.1, 0.15) is 5.56 Å². The molecule has 2 aromatic heterocycles. The lowest BCUT2D eigenvalue weighted by atomic mass is 10.0. The van der Waals surface area contributed by atoms with E-state index in [4.69, 9.17) is 25.7 Å². The molecule has 1 aliphatic heterocycles. The summed E-state index contributed by atoms with van der Waals surface area (Å²) in [5.41, 5.74) is 3.73. The summed E-state index contributed by atoms with van der Waals surface area (Å²) in [4.78, 5) is 7.15. The molecule has 0 radical (unpaired) electrons. The van der Waals surface area contributed by atoms with Gasteiger partial charge in [0.25, 0.3) is 0 Å². The number of hydrogen-bond donors (Lipinski definition) is 2. The number of fused-ring (bicyclic) bond motifs is 1. The lowest BCUT2D eigenvalue weighted by Gasteiger charge is -2.26. The van der Waals surface area contributed by atoms with E-state index in [1.165, 1.54) is 0 Å². The molecular formula is C26H26ClN3O3. The predicted octanol–water partition coefficient (Wildman–Crippen LogP) is 5.57. The van der Waals surface area contributed by atoms with Gasteiger partial charge in [-0.25, -0.2) is 4.98 Å². The first-order valence-electron chi connectivity index (χ1n) is 11.1. The van der Waals surface area contributed by atoms with Gasteiger partial charge in [0.1, 0.15) is 22.9 Å². The number of hydrogen-bond acceptors (Lipinski definition) is 6. The van der Waals surface area contributed by atoms with Crippen molar-refractivity contribution in [3.63, 3.8) is 0 Å². The number of ether oxygens (including phenoxy) is 1. The molecule has 33 heavy (non-hydrogen) atoms. The molecule has 2 N–H and O–H groups in total. The van der Waals surface area contributed by atoms with Gasteiger partial charge in [-0.15, -0.1) is 0 Å². The van der Waals surface area contributed by atoms with Crippen molar-refractivity contribution in [2.24, 2.45) is 0 Å². The number of pyridine rings is 1. The van der Waals surface area contributed by atoms with Gasteiger partial charge in [-0.2, -0.15) is 0 Å². The molecule has 1 saturated heterocycles. The first kappa shape index (κ1) is 21.8. The summed E-state index contributed by atoms with van der Waals surface area (Å²) >= 11 is 6.37. The molecule has 6 nitrogen and oxygen atoms in total. The van der Waals surface area contributed by atoms with Gasteiger partial charge in [-0.3, -0.25) is 4.90 Å². The normalized spacial score (nSPS) is 14.6. The number of anilines is 1. The fourth-order valence-corrected chi connectivity index (χ4v) is 4.23. The number of aryl methyl sites for hydroxylation is 1. The summed E-state index contributed by atoms with van der Waals surface area (Å²) in [5, 5.41) is 15.7. The van der Waals surface area contributed by atoms with Crippen LogP contribution in [0.5, 0.6) is 5.75 Å². The largest absolute Gasteiger partial charge is 0.507 e. The van der Waals surface area contributed by atoms with Crippen molar-refractivity contribution in [3.8, 4) is 28.3 Å². The third kappa shape index (κ3) is 4.83. The molecule has 0 unspecified atom stereocenters. The Labute approximate surface area is 197 Å². The fourth-order valence-electron chi connectivity index (χ4n) is 4.06. The lowest BCUT2D eigenvalue weighted by molar-refractivity contribution is 0.0398. The van der Waals surface area contributed by atoms with Crippen LogP contribution in [0, 0.1) is 6.92 Å². The Kier molecular flexibility index (Phi) is 6.22. The summed E-state index contributed by atoms with van der Waals surface area (Å²) in [7, 11) is 0. The number of halogens is 1. The molecule has 0 bridgehead atoms. The van der Waals surface area contributed by atoms with Gasteiger partial charge in [-0.1, -0.05) is 29.8 Å². The molecule has 0 aliphatic carbocycles. The monoisotopic (exact) mass is 463 g/mol. The summed E-state index contributed by atoms with van der Waals surface area (Å²) in [6.07, 6.45) is 0. The molecule has 0 saturated carbocycles. The third-order valence-electron chi connectivity index (χ3n) is 5.93. The number of phenols is 1. The Morgan fingerprint density at radius 2 is 1.91 bits per heavy atom. The van der Waals surface area contributed by atoms with Crippen molar-refractivity contribution in [2.45, 2.75) is 6.92 Å². The number of nitrogens with one attached hydrogen (secondary N) is 1. The number of rotatable bonds is 6. The Hall–Kier alpha value is -3.06. The maximum absolute atomic E-state index is 10.6. The van der Waals surface area contributed by atoms with Crippen LogP contribution in [-0.2, 0) is 4.74 Å². The second kappa shape index (κ2) is 9.43. The minimum atomic E-state index is 0.144. The highest BCUT2D eigenvalue weighted by Crippen LogP contribution is 2.37. The Bertz CT molecular complexity index is 1250. The maximum Gasteiger partial charge on any atom is 0.135 e. The van der Waals surface area contributed by atoms with Crippen LogP contribution in [-0.4, -0.2) is 54.4 Å². The molecule has 0 spiro atoms. The van der Waals surface area contributed by atoms with Gasteiger partial charge in [0.2, 0.25) is 0 Å². The summed E-state index contributed by atoms with van der Waals surface area (Å²) in [6.45, 7) is 6.94. The highest BCUT2D eigenvalue weighted by atomic mass is 35.5. The van der Waals surface area contributed by atoms with Crippen LogP contribution in [0.15, 0.2) is 59.0 Å². The van der Waals surface area contributed by atoms with Crippen molar-refractivity contribution in [3.05, 3.63) is 65.2 Å². The summed E-state index contributed by atoms with van der Waals surface area (Å²) < 4.78 is 11.5. The van der Waals surface area contributed by atoms with E-state index < -0.39 is 0 Å². The molecule has 0 amide bonds. The topological polar surface area (TPSA) is 70.8 Å². The van der Waals surface area contributed by atoms with E-state index in [0.717, 1.165) is 67.2 Å². The van der Waals surface area contributed by atoms with Crippen molar-refractivity contribution in [1.29, 1.82) is 0 Å². The smallest absolute Gasteiger partial charge is 0.135 e. The van der Waals surface area contributed by atoms with Crippen LogP contribution in [0.2, 0.25) is 5.02 Å². The van der Waals surface area contributed by atoms with E-state index in [9.17, 15) is 5.11 Å². The number of aromatic hydroxyl groups is 1. The molecule has 2 aromatic carbocycles. The number of morpholine rings is 1. The number of aromatic nitrogens is 1. The Morgan fingerprint density at radius 3 is 2.73 bits per heavy atom. The van der Waals surface area contributed by atoms with Gasteiger partial charge in [0.05, 0.1) is 18.9 Å². The zero-order valence-electron chi connectivity index (χ0n) is 18.5. The molecule has 7 heteroatoms. The van der Waals surface area contributed by atoms with Gasteiger partial charge in [0.15, 0.2) is 0 Å². The van der Waals surface area contributed by atoms with E-state index in [1.54, 1.807) is 12.1 Å². The number of para-hydroxylation sites is 1. The first-order valence-corrected chi connectivity index (χ1v) is 11.5. The molecule has 3 heterocycles. The molecular weight excluding hydrogens is 438 g/mol. The summed E-state index contributed by atoms with van der Waals surface area (Å²) in [5.74, 6) is 1.60. The molecule has 0 atom stereocenters. The zero-order chi connectivity index (χ0) is 22.8.